The van der Waals surface area contributed by atoms with Crippen molar-refractivity contribution in [1.82, 2.24) is 30.5 Å². The fourth-order valence-corrected chi connectivity index (χ4v) is 3.37. The molecular weight excluding hydrogens is 414 g/mol. The summed E-state index contributed by atoms with van der Waals surface area (Å²) in [4.78, 5) is 30.2. The van der Waals surface area contributed by atoms with Crippen molar-refractivity contribution in [3.05, 3.63) is 36.3 Å². The number of aromatic nitrogens is 5. The van der Waals surface area contributed by atoms with Gasteiger partial charge in [0.1, 0.15) is 6.10 Å². The van der Waals surface area contributed by atoms with E-state index in [1.165, 1.54) is 24.4 Å². The van der Waals surface area contributed by atoms with Gasteiger partial charge in [-0.25, -0.2) is 9.78 Å². The average Bonchev–Trinajstić information content (AvgIpc) is 3.28. The summed E-state index contributed by atoms with van der Waals surface area (Å²) in [5.74, 6) is 0.829. The lowest BCUT2D eigenvalue weighted by atomic mass is 10.1. The van der Waals surface area contributed by atoms with Gasteiger partial charge in [0.05, 0.1) is 30.8 Å². The molecule has 0 aliphatic carbocycles. The zero-order valence-corrected chi connectivity index (χ0v) is 18.2. The first-order chi connectivity index (χ1) is 15.5. The highest BCUT2D eigenvalue weighted by molar-refractivity contribution is 5.72. The normalized spacial score (nSPS) is 15.8. The van der Waals surface area contributed by atoms with Crippen molar-refractivity contribution >= 4 is 17.6 Å². The van der Waals surface area contributed by atoms with Crippen molar-refractivity contribution in [2.75, 3.05) is 25.3 Å². The third-order valence-electron chi connectivity index (χ3n) is 4.82. The maximum Gasteiger partial charge on any atom is 0.330 e. The van der Waals surface area contributed by atoms with Crippen LogP contribution in [0.4, 0.5) is 11.6 Å². The summed E-state index contributed by atoms with van der Waals surface area (Å²) in [6.07, 6.45) is 4.97. The second-order valence-corrected chi connectivity index (χ2v) is 7.33. The maximum absolute atomic E-state index is 11.8. The molecule has 1 atom stereocenters. The van der Waals surface area contributed by atoms with Gasteiger partial charge in [-0.05, 0) is 38.4 Å². The molecule has 3 aromatic rings. The molecular formula is C21H25N7O4. The highest BCUT2D eigenvalue weighted by Gasteiger charge is 2.22. The molecule has 11 nitrogen and oxygen atoms in total. The number of methoxy groups -OCH3 is 1. The average molecular weight is 439 g/mol. The molecule has 0 saturated carbocycles. The number of nitrogens with one attached hydrogen (secondary N) is 2. The van der Waals surface area contributed by atoms with Gasteiger partial charge >= 0.3 is 5.97 Å². The Morgan fingerprint density at radius 2 is 2.09 bits per heavy atom. The van der Waals surface area contributed by atoms with Crippen molar-refractivity contribution in [3.8, 4) is 23.0 Å². The lowest BCUT2D eigenvalue weighted by Gasteiger charge is -2.24. The van der Waals surface area contributed by atoms with Gasteiger partial charge < -0.3 is 19.6 Å². The molecule has 0 amide bonds. The molecule has 1 aliphatic heterocycles. The van der Waals surface area contributed by atoms with Crippen LogP contribution in [0, 0.1) is 6.92 Å². The van der Waals surface area contributed by atoms with Crippen molar-refractivity contribution in [3.63, 3.8) is 0 Å². The Labute approximate surface area is 185 Å². The third kappa shape index (κ3) is 4.94. The zero-order chi connectivity index (χ0) is 22.5. The van der Waals surface area contributed by atoms with Crippen LogP contribution in [0.3, 0.4) is 0 Å². The number of carbonyl (C=O) groups excluding carboxylic acids is 1. The van der Waals surface area contributed by atoms with Gasteiger partial charge in [0.25, 0.3) is 0 Å². The Kier molecular flexibility index (Phi) is 6.45. The van der Waals surface area contributed by atoms with Crippen LogP contribution >= 0.6 is 0 Å². The molecule has 32 heavy (non-hydrogen) atoms. The molecule has 1 saturated heterocycles. The zero-order valence-electron chi connectivity index (χ0n) is 18.2. The van der Waals surface area contributed by atoms with Gasteiger partial charge in [-0.3, -0.25) is 10.1 Å². The van der Waals surface area contributed by atoms with E-state index in [1.807, 2.05) is 19.1 Å². The van der Waals surface area contributed by atoms with E-state index in [0.29, 0.717) is 28.8 Å². The van der Waals surface area contributed by atoms with E-state index in [4.69, 9.17) is 14.3 Å². The molecule has 3 aromatic heterocycles. The number of rotatable bonds is 7. The molecule has 2 N–H and O–H groups in total. The van der Waals surface area contributed by atoms with E-state index in [-0.39, 0.29) is 11.9 Å². The van der Waals surface area contributed by atoms with Crippen LogP contribution in [0.5, 0.6) is 11.8 Å². The standard InChI is InChI=1S/C21H25N7O4/c1-13-6-7-16(21(24-13)30-3)17-9-18(27-26-17)28(32-14(2)29)19-11-23-12-20(25-19)31-15-5-4-8-22-10-15/h6-7,9,11-12,15,22H,4-5,8,10H2,1-3H3,(H,26,27). The van der Waals surface area contributed by atoms with Crippen molar-refractivity contribution in [2.24, 2.45) is 0 Å². The Balaban J connectivity index is 1.62. The fourth-order valence-electron chi connectivity index (χ4n) is 3.37. The van der Waals surface area contributed by atoms with E-state index in [9.17, 15) is 4.79 Å². The summed E-state index contributed by atoms with van der Waals surface area (Å²) in [6, 6.07) is 5.45. The summed E-state index contributed by atoms with van der Waals surface area (Å²) >= 11 is 0. The van der Waals surface area contributed by atoms with Gasteiger partial charge in [0.15, 0.2) is 11.6 Å². The first kappa shape index (κ1) is 21.5. The number of nitrogens with zero attached hydrogens (tertiary/aromatic N) is 5. The molecule has 0 aromatic carbocycles. The van der Waals surface area contributed by atoms with Crippen LogP contribution < -0.4 is 19.9 Å². The van der Waals surface area contributed by atoms with Crippen LogP contribution in [-0.2, 0) is 9.63 Å². The molecule has 1 aliphatic rings. The van der Waals surface area contributed by atoms with E-state index in [2.05, 4.69) is 30.5 Å². The summed E-state index contributed by atoms with van der Waals surface area (Å²) < 4.78 is 11.3. The lowest BCUT2D eigenvalue weighted by molar-refractivity contribution is -0.141. The highest BCUT2D eigenvalue weighted by atomic mass is 16.7. The fraction of sp³-hybridized carbons (Fsp3) is 0.381. The number of H-pyrrole nitrogens is 1. The Morgan fingerprint density at radius 3 is 2.84 bits per heavy atom. The molecule has 1 fully saturated rings. The summed E-state index contributed by atoms with van der Waals surface area (Å²) in [5, 5.41) is 11.7. The van der Waals surface area contributed by atoms with Gasteiger partial charge in [-0.1, -0.05) is 0 Å². The van der Waals surface area contributed by atoms with Gasteiger partial charge in [0.2, 0.25) is 11.8 Å². The molecule has 168 valence electrons. The lowest BCUT2D eigenvalue weighted by Crippen LogP contribution is -2.37. The molecule has 0 radical (unpaired) electrons. The van der Waals surface area contributed by atoms with Crippen LogP contribution in [0.1, 0.15) is 25.5 Å². The number of ether oxygens (including phenoxy) is 2. The van der Waals surface area contributed by atoms with Gasteiger partial charge in [0, 0.05) is 25.2 Å². The minimum atomic E-state index is -0.534. The number of aromatic amines is 1. The second kappa shape index (κ2) is 9.60. The summed E-state index contributed by atoms with van der Waals surface area (Å²) in [5.41, 5.74) is 2.18. The van der Waals surface area contributed by atoms with E-state index in [1.54, 1.807) is 13.2 Å². The van der Waals surface area contributed by atoms with E-state index < -0.39 is 5.97 Å². The van der Waals surface area contributed by atoms with Crippen LogP contribution in [0.2, 0.25) is 0 Å². The van der Waals surface area contributed by atoms with Crippen LogP contribution in [0.25, 0.3) is 11.3 Å². The first-order valence-corrected chi connectivity index (χ1v) is 10.3. The molecule has 4 rings (SSSR count). The number of hydrogen-bond acceptors (Lipinski definition) is 10. The predicted molar refractivity (Wildman–Crippen MR) is 116 cm³/mol. The smallest absolute Gasteiger partial charge is 0.330 e. The number of hydrogen-bond donors (Lipinski definition) is 2. The molecule has 11 heteroatoms. The SMILES string of the molecule is COc1nc(C)ccc1-c1cc(N(OC(C)=O)c2cncc(OC3CCCNC3)n2)n[nH]1. The molecule has 0 bridgehead atoms. The number of carbonyl (C=O) groups is 1. The van der Waals surface area contributed by atoms with Crippen molar-refractivity contribution < 1.29 is 19.1 Å². The Morgan fingerprint density at radius 1 is 1.22 bits per heavy atom. The minimum absolute atomic E-state index is 0.00830. The van der Waals surface area contributed by atoms with Crippen LogP contribution in [0.15, 0.2) is 30.6 Å². The largest absolute Gasteiger partial charge is 0.480 e. The second-order valence-electron chi connectivity index (χ2n) is 7.33. The Bertz CT molecular complexity index is 1080. The number of piperidine rings is 1. The molecule has 1 unspecified atom stereocenters. The summed E-state index contributed by atoms with van der Waals surface area (Å²) in [7, 11) is 1.55. The number of anilines is 2. The topological polar surface area (TPSA) is 127 Å². The highest BCUT2D eigenvalue weighted by Crippen LogP contribution is 2.31. The van der Waals surface area contributed by atoms with Gasteiger partial charge in [-0.15, -0.1) is 5.06 Å². The van der Waals surface area contributed by atoms with E-state index >= 15 is 0 Å². The first-order valence-electron chi connectivity index (χ1n) is 10.3. The van der Waals surface area contributed by atoms with Crippen molar-refractivity contribution in [2.45, 2.75) is 32.8 Å². The van der Waals surface area contributed by atoms with Crippen LogP contribution in [-0.4, -0.2) is 57.4 Å². The predicted octanol–water partition coefficient (Wildman–Crippen LogP) is 2.33. The van der Waals surface area contributed by atoms with Gasteiger partial charge in [-0.2, -0.15) is 10.1 Å². The molecule has 0 spiro atoms. The minimum Gasteiger partial charge on any atom is -0.480 e. The Hall–Kier alpha value is -3.73. The van der Waals surface area contributed by atoms with E-state index in [0.717, 1.165) is 31.6 Å². The number of aryl methyl sites for hydroxylation is 1. The number of pyridine rings is 1. The summed E-state index contributed by atoms with van der Waals surface area (Å²) in [6.45, 7) is 4.91. The maximum atomic E-state index is 11.8. The van der Waals surface area contributed by atoms with Crippen molar-refractivity contribution in [1.29, 1.82) is 0 Å². The third-order valence-corrected chi connectivity index (χ3v) is 4.82. The molecule has 4 heterocycles. The monoisotopic (exact) mass is 439 g/mol. The quantitative estimate of drug-likeness (QED) is 0.529.